The third-order valence-electron chi connectivity index (χ3n) is 14.1. The first-order valence-corrected chi connectivity index (χ1v) is 24.5. The lowest BCUT2D eigenvalue weighted by Gasteiger charge is -2.39. The van der Waals surface area contributed by atoms with Crippen LogP contribution in [0.3, 0.4) is 0 Å². The van der Waals surface area contributed by atoms with E-state index in [0.717, 1.165) is 5.57 Å². The number of hydrogen-bond acceptors (Lipinski definition) is 15. The molecule has 17 unspecified atom stereocenters. The van der Waals surface area contributed by atoms with Crippen LogP contribution >= 0.6 is 0 Å². The van der Waals surface area contributed by atoms with Crippen molar-refractivity contribution in [3.05, 3.63) is 72.0 Å². The SMILES string of the molecule is COC1C=CC(C)C(OC)CC(O)C=CC(C)C(C(C)C(OC)C(C)CCC(=O)C(C)C(CC=CN(C)C=O)OC)OC(=O)C=CC=C(C)CC(OC)C(OC)C2=CC(=O)OC(C2O)C(C)C(OC)C1. The van der Waals surface area contributed by atoms with Crippen molar-refractivity contribution in [1.82, 2.24) is 4.90 Å². The fourth-order valence-electron chi connectivity index (χ4n) is 9.57. The number of nitrogens with zero attached hydrogens (tertiary/aromatic N) is 1. The number of esters is 2. The van der Waals surface area contributed by atoms with Crippen LogP contribution in [0.1, 0.15) is 87.0 Å². The smallest absolute Gasteiger partial charge is 0.331 e. The molecule has 16 nitrogen and oxygen atoms in total. The lowest BCUT2D eigenvalue weighted by atomic mass is 9.81. The van der Waals surface area contributed by atoms with Gasteiger partial charge in [0.15, 0.2) is 0 Å². The second-order valence-corrected chi connectivity index (χ2v) is 19.1. The van der Waals surface area contributed by atoms with Crippen molar-refractivity contribution in [3.8, 4) is 0 Å². The molecule has 70 heavy (non-hydrogen) atoms. The van der Waals surface area contributed by atoms with E-state index >= 15 is 0 Å². The van der Waals surface area contributed by atoms with Gasteiger partial charge < -0.3 is 57.7 Å². The molecule has 2 aliphatic heterocycles. The molecule has 0 aromatic rings. The third-order valence-corrected chi connectivity index (χ3v) is 14.1. The molecule has 0 saturated heterocycles. The fourth-order valence-corrected chi connectivity index (χ4v) is 9.57. The van der Waals surface area contributed by atoms with Crippen LogP contribution in [0.4, 0.5) is 0 Å². The highest BCUT2D eigenvalue weighted by Crippen LogP contribution is 2.34. The van der Waals surface area contributed by atoms with E-state index in [1.165, 1.54) is 31.3 Å². The molecule has 0 radical (unpaired) electrons. The number of carbonyl (C=O) groups excluding carboxylic acids is 4. The van der Waals surface area contributed by atoms with Gasteiger partial charge in [0.05, 0.1) is 42.7 Å². The average molecular weight is 990 g/mol. The number of cyclic esters (lactones) is 1. The molecular formula is C54H87NO15. The van der Waals surface area contributed by atoms with E-state index < -0.39 is 78.7 Å². The van der Waals surface area contributed by atoms with Crippen LogP contribution in [0.2, 0.25) is 0 Å². The zero-order valence-corrected chi connectivity index (χ0v) is 44.6. The Bertz CT molecular complexity index is 1780. The van der Waals surface area contributed by atoms with Crippen molar-refractivity contribution in [2.75, 3.05) is 56.8 Å². The molecule has 2 N–H and O–H groups in total. The maximum absolute atomic E-state index is 13.7. The molecule has 0 saturated carbocycles. The summed E-state index contributed by atoms with van der Waals surface area (Å²) in [6.07, 6.45) is 12.4. The monoisotopic (exact) mass is 990 g/mol. The first-order chi connectivity index (χ1) is 33.2. The highest BCUT2D eigenvalue weighted by Gasteiger charge is 2.43. The molecule has 0 spiro atoms. The van der Waals surface area contributed by atoms with Gasteiger partial charge in [-0.15, -0.1) is 0 Å². The number of ether oxygens (including phenoxy) is 9. The van der Waals surface area contributed by atoms with Gasteiger partial charge in [0.2, 0.25) is 6.41 Å². The topological polar surface area (TPSA) is 195 Å². The van der Waals surface area contributed by atoms with E-state index in [1.807, 2.05) is 66.7 Å². The molecule has 2 aliphatic rings. The number of hydrogen-bond donors (Lipinski definition) is 2. The standard InChI is InChI=1S/C54H87NO15/c1-33-18-16-20-48(59)69-52(39(7)51(67-14)35(3)23-26-43(58)37(5)44(63-10)19-17-27-55(8)32-56)36(4)21-24-40(57)29-45(64-11)34(2)22-25-41(62-9)30-46(65-12)38(6)53-50(61)42(31-49(60)70-53)54(68-15)47(28-33)66-13/h16-18,20-22,24-25,27,31-32,34-41,44-47,50-54,57,61H,19,23,26,28-30H2,1-15H3. The first-order valence-electron chi connectivity index (χ1n) is 24.5. The van der Waals surface area contributed by atoms with Gasteiger partial charge in [0.1, 0.15) is 30.2 Å². The van der Waals surface area contributed by atoms with Crippen LogP contribution in [-0.4, -0.2) is 163 Å². The third kappa shape index (κ3) is 19.3. The Morgan fingerprint density at radius 2 is 1.49 bits per heavy atom. The van der Waals surface area contributed by atoms with Crippen molar-refractivity contribution >= 4 is 24.1 Å². The highest BCUT2D eigenvalue weighted by atomic mass is 16.6. The normalized spacial score (nSPS) is 31.4. The summed E-state index contributed by atoms with van der Waals surface area (Å²) < 4.78 is 53.2. The number of aliphatic hydroxyl groups excluding tert-OH is 2. The lowest BCUT2D eigenvalue weighted by molar-refractivity contribution is -0.162. The minimum Gasteiger partial charge on any atom is -0.458 e. The van der Waals surface area contributed by atoms with E-state index in [4.69, 9.17) is 42.6 Å². The van der Waals surface area contributed by atoms with Gasteiger partial charge >= 0.3 is 11.9 Å². The van der Waals surface area contributed by atoms with Gasteiger partial charge in [-0.25, -0.2) is 9.59 Å². The number of ketones is 1. The van der Waals surface area contributed by atoms with Crippen LogP contribution in [-0.2, 0) is 61.8 Å². The summed E-state index contributed by atoms with van der Waals surface area (Å²) in [5.74, 6) is -3.07. The van der Waals surface area contributed by atoms with Gasteiger partial charge in [0, 0.05) is 130 Å². The van der Waals surface area contributed by atoms with Gasteiger partial charge in [-0.05, 0) is 32.1 Å². The molecule has 0 aliphatic carbocycles. The Hall–Kier alpha value is -3.84. The number of carbonyl (C=O) groups is 4. The Balaban J connectivity index is 2.55. The molecule has 2 rings (SSSR count). The molecule has 0 aromatic heterocycles. The fraction of sp³-hybridized carbons (Fsp3) is 0.704. The first kappa shape index (κ1) is 62.3. The van der Waals surface area contributed by atoms with Crippen LogP contribution in [0.5, 0.6) is 0 Å². The number of methoxy groups -OCH3 is 7. The number of allylic oxidation sites excluding steroid dienone is 2. The minimum atomic E-state index is -1.24. The van der Waals surface area contributed by atoms with Gasteiger partial charge in [-0.2, -0.15) is 0 Å². The van der Waals surface area contributed by atoms with Crippen LogP contribution in [0, 0.1) is 35.5 Å². The number of Topliss-reactive ketones (excluding diaryl/α,β-unsaturated/α-hetero) is 1. The van der Waals surface area contributed by atoms with Crippen molar-refractivity contribution < 1.29 is 72.0 Å². The molecule has 1 amide bonds. The Morgan fingerprint density at radius 1 is 0.829 bits per heavy atom. The predicted octanol–water partition coefficient (Wildman–Crippen LogP) is 6.53. The van der Waals surface area contributed by atoms with Crippen molar-refractivity contribution in [1.29, 1.82) is 0 Å². The maximum Gasteiger partial charge on any atom is 0.331 e. The zero-order valence-electron chi connectivity index (χ0n) is 44.6. The quantitative estimate of drug-likeness (QED) is 0.0805. The summed E-state index contributed by atoms with van der Waals surface area (Å²) in [4.78, 5) is 52.7. The van der Waals surface area contributed by atoms with Gasteiger partial charge in [-0.3, -0.25) is 9.59 Å². The Labute approximate surface area is 418 Å². The number of aliphatic hydroxyl groups is 2. The summed E-state index contributed by atoms with van der Waals surface area (Å²) in [7, 11) is 12.6. The molecular weight excluding hydrogens is 903 g/mol. The van der Waals surface area contributed by atoms with Crippen LogP contribution in [0.15, 0.2) is 72.0 Å². The van der Waals surface area contributed by atoms with Crippen molar-refractivity contribution in [2.45, 2.75) is 154 Å². The Kier molecular flexibility index (Phi) is 28.7. The van der Waals surface area contributed by atoms with Gasteiger partial charge in [0.25, 0.3) is 0 Å². The van der Waals surface area contributed by atoms with E-state index in [9.17, 15) is 29.4 Å². The van der Waals surface area contributed by atoms with E-state index in [1.54, 1.807) is 73.1 Å². The molecule has 17 atom stereocenters. The maximum atomic E-state index is 13.7. The Morgan fingerprint density at radius 3 is 2.07 bits per heavy atom. The van der Waals surface area contributed by atoms with Crippen LogP contribution in [0.25, 0.3) is 0 Å². The second kappa shape index (κ2) is 32.3. The molecule has 2 heterocycles. The second-order valence-electron chi connectivity index (χ2n) is 19.1. The highest BCUT2D eigenvalue weighted by molar-refractivity contribution is 5.84. The number of amides is 1. The van der Waals surface area contributed by atoms with Gasteiger partial charge in [-0.1, -0.05) is 89.6 Å². The summed E-state index contributed by atoms with van der Waals surface area (Å²) in [6, 6.07) is 0. The molecule has 0 aromatic carbocycles. The molecule has 0 fully saturated rings. The largest absolute Gasteiger partial charge is 0.458 e. The van der Waals surface area contributed by atoms with Crippen molar-refractivity contribution in [3.63, 3.8) is 0 Å². The van der Waals surface area contributed by atoms with E-state index in [2.05, 4.69) is 0 Å². The predicted molar refractivity (Wildman–Crippen MR) is 267 cm³/mol. The molecule has 16 heteroatoms. The van der Waals surface area contributed by atoms with Crippen LogP contribution < -0.4 is 0 Å². The summed E-state index contributed by atoms with van der Waals surface area (Å²) in [6.45, 7) is 13.4. The molecule has 398 valence electrons. The van der Waals surface area contributed by atoms with E-state index in [-0.39, 0.29) is 54.5 Å². The molecule has 2 bridgehead atoms. The van der Waals surface area contributed by atoms with Crippen molar-refractivity contribution in [2.24, 2.45) is 35.5 Å². The summed E-state index contributed by atoms with van der Waals surface area (Å²) in [5, 5.41) is 23.2. The zero-order chi connectivity index (χ0) is 52.7. The summed E-state index contributed by atoms with van der Waals surface area (Å²) in [5.41, 5.74) is 1.12. The van der Waals surface area contributed by atoms with E-state index in [0.29, 0.717) is 37.7 Å². The minimum absolute atomic E-state index is 0.0397. The lowest BCUT2D eigenvalue weighted by Crippen LogP contribution is -2.50. The summed E-state index contributed by atoms with van der Waals surface area (Å²) >= 11 is 0. The average Bonchev–Trinajstić information content (AvgIpc) is 3.34. The number of fused-ring (bicyclic) bond motifs is 2. The number of rotatable bonds is 19.